The van der Waals surface area contributed by atoms with Crippen molar-refractivity contribution in [2.24, 2.45) is 7.05 Å². The van der Waals surface area contributed by atoms with Gasteiger partial charge in [0.2, 0.25) is 0 Å². The molecule has 0 unspecified atom stereocenters. The number of nitrogens with one attached hydrogen (secondary N) is 1. The lowest BCUT2D eigenvalue weighted by Gasteiger charge is -2.05. The van der Waals surface area contributed by atoms with E-state index in [4.69, 9.17) is 4.74 Å². The molecule has 2 aromatic heterocycles. The van der Waals surface area contributed by atoms with Crippen LogP contribution in [0, 0.1) is 0 Å². The van der Waals surface area contributed by atoms with Crippen LogP contribution in [0.3, 0.4) is 0 Å². The summed E-state index contributed by atoms with van der Waals surface area (Å²) in [4.78, 5) is 11.9. The second-order valence-electron chi connectivity index (χ2n) is 4.66. The highest BCUT2D eigenvalue weighted by molar-refractivity contribution is 5.48. The molecule has 0 aliphatic carbocycles. The van der Waals surface area contributed by atoms with Crippen LogP contribution in [0.15, 0.2) is 41.3 Å². The topological polar surface area (TPSA) is 77.7 Å². The quantitative estimate of drug-likeness (QED) is 0.776. The van der Waals surface area contributed by atoms with Gasteiger partial charge >= 0.3 is 5.69 Å². The molecule has 0 saturated heterocycles. The molecule has 108 valence electrons. The minimum Gasteiger partial charge on any atom is -0.497 e. The second kappa shape index (κ2) is 5.28. The van der Waals surface area contributed by atoms with Gasteiger partial charge in [-0.05, 0) is 23.8 Å². The van der Waals surface area contributed by atoms with Gasteiger partial charge in [0.1, 0.15) is 11.4 Å². The molecule has 21 heavy (non-hydrogen) atoms. The van der Waals surface area contributed by atoms with Gasteiger partial charge < -0.3 is 4.74 Å². The number of hydrogen-bond donors (Lipinski definition) is 1. The molecule has 3 rings (SSSR count). The first-order valence-electron chi connectivity index (χ1n) is 6.45. The molecule has 2 heterocycles. The summed E-state index contributed by atoms with van der Waals surface area (Å²) >= 11 is 0. The molecule has 3 aromatic rings. The van der Waals surface area contributed by atoms with E-state index in [1.54, 1.807) is 16.4 Å². The average Bonchev–Trinajstić information content (AvgIpc) is 3.07. The highest BCUT2D eigenvalue weighted by Gasteiger charge is 2.13. The molecule has 0 bridgehead atoms. The van der Waals surface area contributed by atoms with Gasteiger partial charge in [0.05, 0.1) is 13.7 Å². The summed E-state index contributed by atoms with van der Waals surface area (Å²) < 4.78 is 8.36. The summed E-state index contributed by atoms with van der Waals surface area (Å²) in [5.74, 6) is 1.31. The van der Waals surface area contributed by atoms with Crippen LogP contribution in [0.4, 0.5) is 0 Å². The standard InChI is InChI=1S/C14H15N5O2/c1-18-8-7-12(17-18)13-15-16-14(20)19(13)9-10-3-5-11(21-2)6-4-10/h3-8H,9H2,1-2H3,(H,16,20). The van der Waals surface area contributed by atoms with E-state index in [1.807, 2.05) is 43.6 Å². The Kier molecular flexibility index (Phi) is 3.31. The molecule has 0 radical (unpaired) electrons. The van der Waals surface area contributed by atoms with Gasteiger partial charge in [-0.3, -0.25) is 9.25 Å². The minimum absolute atomic E-state index is 0.258. The zero-order valence-corrected chi connectivity index (χ0v) is 11.8. The lowest BCUT2D eigenvalue weighted by Crippen LogP contribution is -2.18. The summed E-state index contributed by atoms with van der Waals surface area (Å²) in [5, 5.41) is 10.8. The number of H-pyrrole nitrogens is 1. The van der Waals surface area contributed by atoms with Gasteiger partial charge in [0.25, 0.3) is 0 Å². The van der Waals surface area contributed by atoms with Crippen molar-refractivity contribution in [2.75, 3.05) is 7.11 Å². The monoisotopic (exact) mass is 285 g/mol. The van der Waals surface area contributed by atoms with E-state index < -0.39 is 0 Å². The number of hydrogen-bond acceptors (Lipinski definition) is 4. The van der Waals surface area contributed by atoms with E-state index in [-0.39, 0.29) is 5.69 Å². The van der Waals surface area contributed by atoms with Crippen molar-refractivity contribution in [1.29, 1.82) is 0 Å². The molecular formula is C14H15N5O2. The SMILES string of the molecule is COc1ccc(Cn2c(-c3ccn(C)n3)n[nH]c2=O)cc1. The number of methoxy groups -OCH3 is 1. The Labute approximate surface area is 120 Å². The van der Waals surface area contributed by atoms with Crippen molar-refractivity contribution in [1.82, 2.24) is 24.5 Å². The first-order valence-corrected chi connectivity index (χ1v) is 6.45. The molecule has 0 aliphatic heterocycles. The lowest BCUT2D eigenvalue weighted by atomic mass is 10.2. The normalized spacial score (nSPS) is 10.8. The zero-order chi connectivity index (χ0) is 14.8. The summed E-state index contributed by atoms with van der Waals surface area (Å²) in [6, 6.07) is 9.38. The van der Waals surface area contributed by atoms with Crippen molar-refractivity contribution < 1.29 is 4.74 Å². The smallest absolute Gasteiger partial charge is 0.343 e. The molecule has 0 spiro atoms. The summed E-state index contributed by atoms with van der Waals surface area (Å²) in [6.07, 6.45) is 1.81. The maximum Gasteiger partial charge on any atom is 0.343 e. The van der Waals surface area contributed by atoms with Crippen molar-refractivity contribution in [3.05, 3.63) is 52.6 Å². The molecule has 1 N–H and O–H groups in total. The van der Waals surface area contributed by atoms with Crippen LogP contribution in [0.1, 0.15) is 5.56 Å². The van der Waals surface area contributed by atoms with Crippen molar-refractivity contribution in [2.45, 2.75) is 6.54 Å². The van der Waals surface area contributed by atoms with Crippen LogP contribution >= 0.6 is 0 Å². The van der Waals surface area contributed by atoms with Crippen molar-refractivity contribution >= 4 is 0 Å². The number of nitrogens with zero attached hydrogens (tertiary/aromatic N) is 4. The minimum atomic E-state index is -0.258. The van der Waals surface area contributed by atoms with E-state index in [9.17, 15) is 4.79 Å². The lowest BCUT2D eigenvalue weighted by molar-refractivity contribution is 0.414. The van der Waals surface area contributed by atoms with E-state index >= 15 is 0 Å². The largest absolute Gasteiger partial charge is 0.497 e. The Hall–Kier alpha value is -2.83. The van der Waals surface area contributed by atoms with E-state index in [2.05, 4.69) is 15.3 Å². The number of aryl methyl sites for hydroxylation is 1. The van der Waals surface area contributed by atoms with Crippen molar-refractivity contribution in [3.8, 4) is 17.3 Å². The Morgan fingerprint density at radius 1 is 1.24 bits per heavy atom. The fourth-order valence-corrected chi connectivity index (χ4v) is 2.11. The van der Waals surface area contributed by atoms with Gasteiger partial charge in [-0.25, -0.2) is 9.89 Å². The Bertz CT molecular complexity index is 797. The predicted molar refractivity (Wildman–Crippen MR) is 77.1 cm³/mol. The third kappa shape index (κ3) is 2.58. The Morgan fingerprint density at radius 3 is 2.62 bits per heavy atom. The maximum absolute atomic E-state index is 11.9. The van der Waals surface area contributed by atoms with Gasteiger partial charge in [-0.1, -0.05) is 12.1 Å². The Morgan fingerprint density at radius 2 is 2.00 bits per heavy atom. The highest BCUT2D eigenvalue weighted by atomic mass is 16.5. The number of benzene rings is 1. The summed E-state index contributed by atoms with van der Waals surface area (Å²) in [5.41, 5.74) is 1.38. The molecule has 0 aliphatic rings. The molecule has 0 amide bonds. The zero-order valence-electron chi connectivity index (χ0n) is 11.8. The first-order chi connectivity index (χ1) is 10.2. The highest BCUT2D eigenvalue weighted by Crippen LogP contribution is 2.15. The van der Waals surface area contributed by atoms with E-state index in [0.717, 1.165) is 11.3 Å². The Balaban J connectivity index is 1.94. The number of aromatic amines is 1. The van der Waals surface area contributed by atoms with Crippen molar-refractivity contribution in [3.63, 3.8) is 0 Å². The third-order valence-corrected chi connectivity index (χ3v) is 3.20. The fraction of sp³-hybridized carbons (Fsp3) is 0.214. The molecule has 7 nitrogen and oxygen atoms in total. The predicted octanol–water partition coefficient (Wildman–Crippen LogP) is 1.03. The number of ether oxygens (including phenoxy) is 1. The van der Waals surface area contributed by atoms with Gasteiger partial charge in [0.15, 0.2) is 5.82 Å². The first kappa shape index (κ1) is 13.2. The van der Waals surface area contributed by atoms with Crippen LogP contribution in [0.5, 0.6) is 5.75 Å². The average molecular weight is 285 g/mol. The van der Waals surface area contributed by atoms with Gasteiger partial charge in [0, 0.05) is 13.2 Å². The van der Waals surface area contributed by atoms with Crippen LogP contribution in [-0.2, 0) is 13.6 Å². The fourth-order valence-electron chi connectivity index (χ4n) is 2.11. The van der Waals surface area contributed by atoms with Gasteiger partial charge in [-0.15, -0.1) is 0 Å². The number of rotatable bonds is 4. The second-order valence-corrected chi connectivity index (χ2v) is 4.66. The van der Waals surface area contributed by atoms with Crippen LogP contribution < -0.4 is 10.4 Å². The molecule has 1 aromatic carbocycles. The van der Waals surface area contributed by atoms with E-state index in [1.165, 1.54) is 0 Å². The molecular weight excluding hydrogens is 270 g/mol. The molecule has 0 atom stereocenters. The molecule has 0 fully saturated rings. The molecule has 7 heteroatoms. The van der Waals surface area contributed by atoms with Gasteiger partial charge in [-0.2, -0.15) is 10.2 Å². The summed E-state index contributed by atoms with van der Waals surface area (Å²) in [7, 11) is 3.44. The van der Waals surface area contributed by atoms with Crippen LogP contribution in [-0.4, -0.2) is 31.7 Å². The van der Waals surface area contributed by atoms with Crippen LogP contribution in [0.25, 0.3) is 11.5 Å². The van der Waals surface area contributed by atoms with Crippen LogP contribution in [0.2, 0.25) is 0 Å². The maximum atomic E-state index is 11.9. The third-order valence-electron chi connectivity index (χ3n) is 3.20. The van der Waals surface area contributed by atoms with E-state index in [0.29, 0.717) is 18.1 Å². The number of aromatic nitrogens is 5. The molecule has 0 saturated carbocycles. The summed E-state index contributed by atoms with van der Waals surface area (Å²) in [6.45, 7) is 0.422.